The summed E-state index contributed by atoms with van der Waals surface area (Å²) in [5.41, 5.74) is 4.65. The van der Waals surface area contributed by atoms with Crippen molar-refractivity contribution in [2.24, 2.45) is 0 Å². The standard InChI is InChI=1S/C25H35NO3S/c1-19-16-26(17-20(2)29-19)24-14-12-22(13-15-24)7-6-21-8-10-23(11-9-21)18-30(27,28)25(3,4)5/h8-15,19-20H,6-7,16-18H2,1-5H3/t19-,20+. The van der Waals surface area contributed by atoms with E-state index in [0.717, 1.165) is 31.5 Å². The first-order valence-electron chi connectivity index (χ1n) is 10.8. The van der Waals surface area contributed by atoms with Gasteiger partial charge in [-0.2, -0.15) is 0 Å². The minimum atomic E-state index is -3.15. The van der Waals surface area contributed by atoms with Crippen molar-refractivity contribution in [1.82, 2.24) is 0 Å². The van der Waals surface area contributed by atoms with Crippen LogP contribution in [0.1, 0.15) is 51.3 Å². The van der Waals surface area contributed by atoms with Gasteiger partial charge in [0.2, 0.25) is 0 Å². The van der Waals surface area contributed by atoms with Crippen LogP contribution in [0.4, 0.5) is 5.69 Å². The largest absolute Gasteiger partial charge is 0.372 e. The van der Waals surface area contributed by atoms with Gasteiger partial charge in [-0.05, 0) is 76.3 Å². The van der Waals surface area contributed by atoms with E-state index < -0.39 is 14.6 Å². The zero-order valence-electron chi connectivity index (χ0n) is 18.9. The molecule has 2 aromatic carbocycles. The molecule has 3 rings (SSSR count). The number of morpholine rings is 1. The zero-order chi connectivity index (χ0) is 21.9. The molecule has 2 aromatic rings. The van der Waals surface area contributed by atoms with Crippen LogP contribution < -0.4 is 4.90 Å². The highest BCUT2D eigenvalue weighted by Gasteiger charge is 2.28. The van der Waals surface area contributed by atoms with E-state index in [1.807, 2.05) is 12.1 Å². The van der Waals surface area contributed by atoms with E-state index in [4.69, 9.17) is 4.74 Å². The summed E-state index contributed by atoms with van der Waals surface area (Å²) in [6, 6.07) is 16.8. The fourth-order valence-electron chi connectivity index (χ4n) is 3.79. The summed E-state index contributed by atoms with van der Waals surface area (Å²) in [6.45, 7) is 11.4. The maximum Gasteiger partial charge on any atom is 0.159 e. The van der Waals surface area contributed by atoms with Gasteiger partial charge in [0, 0.05) is 18.8 Å². The molecule has 0 saturated carbocycles. The second-order valence-corrected chi connectivity index (χ2v) is 12.3. The highest BCUT2D eigenvalue weighted by atomic mass is 32.2. The minimum absolute atomic E-state index is 0.0943. The first kappa shape index (κ1) is 22.8. The molecule has 1 heterocycles. The molecule has 4 nitrogen and oxygen atoms in total. The Morgan fingerprint density at radius 2 is 1.27 bits per heavy atom. The van der Waals surface area contributed by atoms with E-state index >= 15 is 0 Å². The molecule has 30 heavy (non-hydrogen) atoms. The summed E-state index contributed by atoms with van der Waals surface area (Å²) in [6.07, 6.45) is 2.43. The van der Waals surface area contributed by atoms with Crippen LogP contribution in [-0.4, -0.2) is 38.5 Å². The molecule has 0 unspecified atom stereocenters. The smallest absolute Gasteiger partial charge is 0.159 e. The molecule has 2 atom stereocenters. The number of benzene rings is 2. The molecule has 1 fully saturated rings. The fraction of sp³-hybridized carbons (Fsp3) is 0.520. The number of nitrogens with zero attached hydrogens (tertiary/aromatic N) is 1. The molecule has 1 saturated heterocycles. The Bertz CT molecular complexity index is 918. The molecule has 0 spiro atoms. The molecule has 0 radical (unpaired) electrons. The van der Waals surface area contributed by atoms with Gasteiger partial charge >= 0.3 is 0 Å². The van der Waals surface area contributed by atoms with E-state index in [9.17, 15) is 8.42 Å². The van der Waals surface area contributed by atoms with Crippen LogP contribution in [0.5, 0.6) is 0 Å². The molecule has 0 aromatic heterocycles. The lowest BCUT2D eigenvalue weighted by atomic mass is 10.0. The van der Waals surface area contributed by atoms with Gasteiger partial charge in [0.25, 0.3) is 0 Å². The van der Waals surface area contributed by atoms with Gasteiger partial charge in [0.15, 0.2) is 9.84 Å². The number of rotatable bonds is 6. The van der Waals surface area contributed by atoms with Crippen LogP contribution >= 0.6 is 0 Å². The SMILES string of the molecule is C[C@@H]1CN(c2ccc(CCc3ccc(CS(=O)(=O)C(C)(C)C)cc3)cc2)C[C@H](C)O1. The van der Waals surface area contributed by atoms with Crippen molar-refractivity contribution in [2.75, 3.05) is 18.0 Å². The van der Waals surface area contributed by atoms with Gasteiger partial charge in [-0.3, -0.25) is 0 Å². The number of hydrogen-bond donors (Lipinski definition) is 0. The molecular weight excluding hydrogens is 394 g/mol. The second-order valence-electron chi connectivity index (χ2n) is 9.52. The lowest BCUT2D eigenvalue weighted by Gasteiger charge is -2.36. The predicted octanol–water partition coefficient (Wildman–Crippen LogP) is 4.80. The third-order valence-electron chi connectivity index (χ3n) is 5.74. The second kappa shape index (κ2) is 9.11. The maximum absolute atomic E-state index is 12.4. The number of aryl methyl sites for hydroxylation is 2. The van der Waals surface area contributed by atoms with Crippen LogP contribution in [0.2, 0.25) is 0 Å². The third kappa shape index (κ3) is 5.86. The summed E-state index contributed by atoms with van der Waals surface area (Å²) < 4.78 is 29.9. The Kier molecular flexibility index (Phi) is 6.93. The maximum atomic E-state index is 12.4. The van der Waals surface area contributed by atoms with E-state index in [2.05, 4.69) is 55.1 Å². The predicted molar refractivity (Wildman–Crippen MR) is 125 cm³/mol. The molecule has 0 amide bonds. The Labute approximate surface area is 182 Å². The molecular formula is C25H35NO3S. The number of sulfone groups is 1. The van der Waals surface area contributed by atoms with E-state index in [-0.39, 0.29) is 18.0 Å². The first-order valence-corrected chi connectivity index (χ1v) is 12.5. The van der Waals surface area contributed by atoms with Crippen LogP contribution in [-0.2, 0) is 33.2 Å². The summed E-state index contributed by atoms with van der Waals surface area (Å²) in [5.74, 6) is 0.0943. The van der Waals surface area contributed by atoms with Crippen molar-refractivity contribution in [3.8, 4) is 0 Å². The molecule has 0 bridgehead atoms. The Hall–Kier alpha value is -1.85. The van der Waals surface area contributed by atoms with Crippen molar-refractivity contribution in [2.45, 2.75) is 70.2 Å². The number of anilines is 1. The molecule has 164 valence electrons. The monoisotopic (exact) mass is 429 g/mol. The average molecular weight is 430 g/mol. The topological polar surface area (TPSA) is 46.6 Å². The molecule has 0 aliphatic carbocycles. The average Bonchev–Trinajstić information content (AvgIpc) is 2.66. The Morgan fingerprint density at radius 1 is 0.833 bits per heavy atom. The molecule has 0 N–H and O–H groups in total. The number of ether oxygens (including phenoxy) is 1. The van der Waals surface area contributed by atoms with Crippen molar-refractivity contribution >= 4 is 15.5 Å². The summed E-state index contributed by atoms with van der Waals surface area (Å²) in [7, 11) is -3.15. The summed E-state index contributed by atoms with van der Waals surface area (Å²) in [5, 5.41) is 0. The minimum Gasteiger partial charge on any atom is -0.372 e. The fourth-order valence-corrected chi connectivity index (χ4v) is 4.85. The zero-order valence-corrected chi connectivity index (χ0v) is 19.7. The Balaban J connectivity index is 1.56. The van der Waals surface area contributed by atoms with Crippen LogP contribution in [0, 0.1) is 0 Å². The Morgan fingerprint density at radius 3 is 1.73 bits per heavy atom. The van der Waals surface area contributed by atoms with Gasteiger partial charge in [-0.1, -0.05) is 36.4 Å². The van der Waals surface area contributed by atoms with Crippen molar-refractivity contribution < 1.29 is 13.2 Å². The molecule has 5 heteroatoms. The molecule has 1 aliphatic rings. The van der Waals surface area contributed by atoms with Crippen LogP contribution in [0.15, 0.2) is 48.5 Å². The van der Waals surface area contributed by atoms with Crippen molar-refractivity contribution in [1.29, 1.82) is 0 Å². The van der Waals surface area contributed by atoms with Gasteiger partial charge in [0.05, 0.1) is 22.7 Å². The van der Waals surface area contributed by atoms with Gasteiger partial charge in [-0.15, -0.1) is 0 Å². The van der Waals surface area contributed by atoms with E-state index in [0.29, 0.717) is 0 Å². The van der Waals surface area contributed by atoms with Crippen LogP contribution in [0.3, 0.4) is 0 Å². The highest BCUT2D eigenvalue weighted by molar-refractivity contribution is 7.91. The van der Waals surface area contributed by atoms with Crippen LogP contribution in [0.25, 0.3) is 0 Å². The summed E-state index contributed by atoms with van der Waals surface area (Å²) in [4.78, 5) is 2.40. The first-order chi connectivity index (χ1) is 14.0. The van der Waals surface area contributed by atoms with Gasteiger partial charge in [-0.25, -0.2) is 8.42 Å². The van der Waals surface area contributed by atoms with E-state index in [1.54, 1.807) is 20.8 Å². The van der Waals surface area contributed by atoms with E-state index in [1.165, 1.54) is 16.8 Å². The van der Waals surface area contributed by atoms with Crippen molar-refractivity contribution in [3.05, 3.63) is 65.2 Å². The van der Waals surface area contributed by atoms with Gasteiger partial charge < -0.3 is 9.64 Å². The van der Waals surface area contributed by atoms with Gasteiger partial charge in [0.1, 0.15) is 0 Å². The molecule has 1 aliphatic heterocycles. The normalized spacial score (nSPS) is 20.4. The quantitative estimate of drug-likeness (QED) is 0.662. The highest BCUT2D eigenvalue weighted by Crippen LogP contribution is 2.23. The van der Waals surface area contributed by atoms with Crippen molar-refractivity contribution in [3.63, 3.8) is 0 Å². The lowest BCUT2D eigenvalue weighted by Crippen LogP contribution is -2.45. The number of hydrogen-bond acceptors (Lipinski definition) is 4. The summed E-state index contributed by atoms with van der Waals surface area (Å²) >= 11 is 0. The lowest BCUT2D eigenvalue weighted by molar-refractivity contribution is -0.00521. The third-order valence-corrected chi connectivity index (χ3v) is 8.32.